The largest absolute Gasteiger partial charge is 0.503 e. The van der Waals surface area contributed by atoms with E-state index < -0.39 is 34.2 Å². The van der Waals surface area contributed by atoms with E-state index in [1.165, 1.54) is 48.5 Å². The lowest BCUT2D eigenvalue weighted by molar-refractivity contribution is -0.384. The van der Waals surface area contributed by atoms with Gasteiger partial charge in [-0.25, -0.2) is 9.37 Å². The summed E-state index contributed by atoms with van der Waals surface area (Å²) in [5.41, 5.74) is 0.473. The van der Waals surface area contributed by atoms with E-state index in [1.807, 2.05) is 0 Å². The first-order chi connectivity index (χ1) is 17.8. The summed E-state index contributed by atoms with van der Waals surface area (Å²) in [6, 6.07) is 16.5. The van der Waals surface area contributed by atoms with Gasteiger partial charge in [-0.05, 0) is 35.9 Å². The number of hydrogen-bond donors (Lipinski definition) is 1. The van der Waals surface area contributed by atoms with Crippen LogP contribution in [0.5, 0.6) is 0 Å². The van der Waals surface area contributed by atoms with Crippen LogP contribution in [0.15, 0.2) is 88.5 Å². The molecule has 0 radical (unpaired) electrons. The second-order valence-electron chi connectivity index (χ2n) is 8.28. The fourth-order valence-corrected chi connectivity index (χ4v) is 5.39. The van der Waals surface area contributed by atoms with Crippen LogP contribution in [0.4, 0.5) is 15.2 Å². The van der Waals surface area contributed by atoms with E-state index in [0.29, 0.717) is 21.2 Å². The number of non-ortho nitro benzene ring substituents is 1. The van der Waals surface area contributed by atoms with E-state index in [2.05, 4.69) is 4.98 Å². The van der Waals surface area contributed by atoms with Gasteiger partial charge in [0.2, 0.25) is 5.78 Å². The summed E-state index contributed by atoms with van der Waals surface area (Å²) in [7, 11) is 0. The van der Waals surface area contributed by atoms with Gasteiger partial charge in [-0.2, -0.15) is 0 Å². The van der Waals surface area contributed by atoms with Gasteiger partial charge in [0.25, 0.3) is 11.6 Å². The Labute approximate surface area is 210 Å². The zero-order valence-electron chi connectivity index (χ0n) is 18.6. The molecule has 5 aromatic rings. The second-order valence-corrected chi connectivity index (χ2v) is 9.29. The molecule has 37 heavy (non-hydrogen) atoms. The van der Waals surface area contributed by atoms with Crippen LogP contribution < -0.4 is 4.90 Å². The average Bonchev–Trinajstić information content (AvgIpc) is 3.57. The Morgan fingerprint density at radius 3 is 2.70 bits per heavy atom. The number of Topliss-reactive ketones (excluding diaryl/α,β-unsaturated/α-hetero) is 1. The number of para-hydroxylation sites is 1. The molecule has 0 aliphatic carbocycles. The normalized spacial score (nSPS) is 15.8. The van der Waals surface area contributed by atoms with Crippen molar-refractivity contribution in [3.8, 4) is 0 Å². The molecule has 1 atom stereocenters. The number of rotatable bonds is 5. The lowest BCUT2D eigenvalue weighted by atomic mass is 9.95. The van der Waals surface area contributed by atoms with Gasteiger partial charge in [0.1, 0.15) is 11.4 Å². The Kier molecular flexibility index (Phi) is 5.09. The number of aliphatic hydroxyl groups is 1. The SMILES string of the molecule is O=C(C1=C(O)C(=O)N(c2nc3ccc(F)cc3s2)C1c1cccc([N+](=O)[O-])c1)c1cc2ccccc2o1. The number of amides is 1. The Balaban J connectivity index is 1.53. The molecule has 1 N–H and O–H groups in total. The van der Waals surface area contributed by atoms with Crippen LogP contribution in [-0.4, -0.2) is 26.7 Å². The minimum absolute atomic E-state index is 0.0843. The van der Waals surface area contributed by atoms with Crippen LogP contribution in [0, 0.1) is 15.9 Å². The minimum Gasteiger partial charge on any atom is -0.503 e. The molecule has 9 nitrogen and oxygen atoms in total. The van der Waals surface area contributed by atoms with Crippen LogP contribution in [0.1, 0.15) is 22.2 Å². The quantitative estimate of drug-likeness (QED) is 0.176. The van der Waals surface area contributed by atoms with Crippen molar-refractivity contribution in [1.29, 1.82) is 0 Å². The number of nitro groups is 1. The number of furan rings is 1. The number of thiazole rings is 1. The number of ketones is 1. The maximum Gasteiger partial charge on any atom is 0.296 e. The highest BCUT2D eigenvalue weighted by Crippen LogP contribution is 2.45. The molecule has 1 amide bonds. The topological polar surface area (TPSA) is 127 Å². The maximum atomic E-state index is 13.8. The third kappa shape index (κ3) is 3.64. The smallest absolute Gasteiger partial charge is 0.296 e. The fourth-order valence-electron chi connectivity index (χ4n) is 4.37. The van der Waals surface area contributed by atoms with Gasteiger partial charge in [-0.15, -0.1) is 0 Å². The highest BCUT2D eigenvalue weighted by molar-refractivity contribution is 7.22. The molecule has 0 bridgehead atoms. The van der Waals surface area contributed by atoms with Gasteiger partial charge in [0.05, 0.1) is 26.8 Å². The first-order valence-electron chi connectivity index (χ1n) is 10.9. The number of aliphatic hydroxyl groups excluding tert-OH is 1. The number of nitrogens with zero attached hydrogens (tertiary/aromatic N) is 3. The number of hydrogen-bond acceptors (Lipinski definition) is 8. The molecule has 0 saturated heterocycles. The highest BCUT2D eigenvalue weighted by Gasteiger charge is 2.47. The van der Waals surface area contributed by atoms with Gasteiger partial charge < -0.3 is 9.52 Å². The zero-order chi connectivity index (χ0) is 25.8. The van der Waals surface area contributed by atoms with Crippen molar-refractivity contribution in [2.75, 3.05) is 4.90 Å². The van der Waals surface area contributed by atoms with Crippen LogP contribution in [0.2, 0.25) is 0 Å². The zero-order valence-corrected chi connectivity index (χ0v) is 19.4. The number of fused-ring (bicyclic) bond motifs is 2. The summed E-state index contributed by atoms with van der Waals surface area (Å²) >= 11 is 0.984. The molecule has 0 fully saturated rings. The van der Waals surface area contributed by atoms with Crippen molar-refractivity contribution in [2.24, 2.45) is 0 Å². The molecule has 1 aliphatic heterocycles. The molecule has 3 heterocycles. The molecule has 6 rings (SSSR count). The number of halogens is 1. The highest BCUT2D eigenvalue weighted by atomic mass is 32.1. The first-order valence-corrected chi connectivity index (χ1v) is 11.7. The van der Waals surface area contributed by atoms with E-state index >= 15 is 0 Å². The monoisotopic (exact) mass is 515 g/mol. The number of nitro benzene ring substituents is 1. The Hall–Kier alpha value is -4.90. The fraction of sp³-hybridized carbons (Fsp3) is 0.0385. The molecular weight excluding hydrogens is 501 g/mol. The molecular formula is C26H14FN3O6S. The average molecular weight is 515 g/mol. The Bertz CT molecular complexity index is 1770. The lowest BCUT2D eigenvalue weighted by Crippen LogP contribution is -2.31. The van der Waals surface area contributed by atoms with Gasteiger partial charge in [-0.3, -0.25) is 24.6 Å². The van der Waals surface area contributed by atoms with E-state index in [9.17, 15) is 29.2 Å². The van der Waals surface area contributed by atoms with E-state index in [0.717, 1.165) is 16.2 Å². The summed E-state index contributed by atoms with van der Waals surface area (Å²) < 4.78 is 19.9. The summed E-state index contributed by atoms with van der Waals surface area (Å²) in [6.07, 6.45) is 0. The van der Waals surface area contributed by atoms with Gasteiger partial charge in [0.15, 0.2) is 16.7 Å². The molecule has 0 saturated carbocycles. The van der Waals surface area contributed by atoms with Crippen molar-refractivity contribution in [3.05, 3.63) is 111 Å². The number of anilines is 1. The van der Waals surface area contributed by atoms with E-state index in [-0.39, 0.29) is 27.7 Å². The summed E-state index contributed by atoms with van der Waals surface area (Å²) in [4.78, 5) is 43.4. The molecule has 182 valence electrons. The number of carbonyl (C=O) groups is 2. The Morgan fingerprint density at radius 2 is 1.92 bits per heavy atom. The Morgan fingerprint density at radius 1 is 1.11 bits per heavy atom. The van der Waals surface area contributed by atoms with Crippen molar-refractivity contribution < 1.29 is 28.4 Å². The van der Waals surface area contributed by atoms with Crippen LogP contribution in [-0.2, 0) is 4.79 Å². The standard InChI is InChI=1S/C26H14FN3O6S/c27-15-8-9-17-20(12-15)37-26(28-17)29-22(14-5-3-6-16(10-14)30(34)35)21(24(32)25(29)33)23(31)19-11-13-4-1-2-7-18(13)36-19/h1-12,22,32H. The van der Waals surface area contributed by atoms with Crippen molar-refractivity contribution in [1.82, 2.24) is 4.98 Å². The predicted molar refractivity (Wildman–Crippen MR) is 133 cm³/mol. The molecule has 2 aromatic heterocycles. The third-order valence-corrected chi connectivity index (χ3v) is 7.06. The maximum absolute atomic E-state index is 13.8. The summed E-state index contributed by atoms with van der Waals surface area (Å²) in [6.45, 7) is 0. The van der Waals surface area contributed by atoms with E-state index in [1.54, 1.807) is 24.3 Å². The van der Waals surface area contributed by atoms with Crippen LogP contribution in [0.25, 0.3) is 21.2 Å². The number of carbonyl (C=O) groups excluding carboxylic acids is 2. The second kappa shape index (κ2) is 8.35. The van der Waals surface area contributed by atoms with Crippen LogP contribution in [0.3, 0.4) is 0 Å². The first kappa shape index (κ1) is 22.6. The minimum atomic E-state index is -1.25. The molecule has 1 unspecified atom stereocenters. The van der Waals surface area contributed by atoms with Crippen LogP contribution >= 0.6 is 11.3 Å². The number of benzene rings is 3. The van der Waals surface area contributed by atoms with Gasteiger partial charge in [0, 0.05) is 17.5 Å². The lowest BCUT2D eigenvalue weighted by Gasteiger charge is -2.24. The van der Waals surface area contributed by atoms with Gasteiger partial charge >= 0.3 is 0 Å². The van der Waals surface area contributed by atoms with Gasteiger partial charge in [-0.1, -0.05) is 41.7 Å². The van der Waals surface area contributed by atoms with E-state index in [4.69, 9.17) is 4.42 Å². The third-order valence-electron chi connectivity index (χ3n) is 6.04. The summed E-state index contributed by atoms with van der Waals surface area (Å²) in [5.74, 6) is -3.11. The predicted octanol–water partition coefficient (Wildman–Crippen LogP) is 5.87. The summed E-state index contributed by atoms with van der Waals surface area (Å²) in [5, 5.41) is 23.1. The van der Waals surface area contributed by atoms with Crippen molar-refractivity contribution >= 4 is 55.0 Å². The molecule has 1 aliphatic rings. The van der Waals surface area contributed by atoms with Crippen molar-refractivity contribution in [3.63, 3.8) is 0 Å². The van der Waals surface area contributed by atoms with Crippen molar-refractivity contribution in [2.45, 2.75) is 6.04 Å². The molecule has 11 heteroatoms. The molecule has 0 spiro atoms. The number of aromatic nitrogens is 1. The molecule has 3 aromatic carbocycles.